The minimum atomic E-state index is -4.51. The van der Waals surface area contributed by atoms with Gasteiger partial charge in [0.15, 0.2) is 0 Å². The lowest BCUT2D eigenvalue weighted by molar-refractivity contribution is -0.138. The standard InChI is InChI=1S/C33H29F6N3O3/c1-19(40)42(2)31(45)28(17-20-3-5-21(6-4-20)22-7-12-25(13-8-22)32(34,35)36)41-30(44)27-18-24(11-16-29(27)43)23-9-14-26(15-10-23)33(37,38)39/h3-16,18,28,31,40,43,45H,17H2,1-2H3,(H,41,44). The van der Waals surface area contributed by atoms with E-state index in [1.807, 2.05) is 0 Å². The number of amidine groups is 1. The average molecular weight is 630 g/mol. The van der Waals surface area contributed by atoms with Crippen LogP contribution in [-0.4, -0.2) is 46.2 Å². The molecule has 4 rings (SSSR count). The second-order valence-corrected chi connectivity index (χ2v) is 10.5. The molecule has 45 heavy (non-hydrogen) atoms. The molecular formula is C33H29F6N3O3. The van der Waals surface area contributed by atoms with Gasteiger partial charge in [-0.25, -0.2) is 0 Å². The summed E-state index contributed by atoms with van der Waals surface area (Å²) in [5.41, 5.74) is 0.809. The first kappa shape index (κ1) is 33.1. The lowest BCUT2D eigenvalue weighted by Gasteiger charge is -2.32. The molecule has 0 bridgehead atoms. The summed E-state index contributed by atoms with van der Waals surface area (Å²) in [5, 5.41) is 32.1. The molecule has 4 aromatic carbocycles. The van der Waals surface area contributed by atoms with E-state index in [9.17, 15) is 41.4 Å². The Morgan fingerprint density at radius 2 is 1.20 bits per heavy atom. The highest BCUT2D eigenvalue weighted by Gasteiger charge is 2.31. The Balaban J connectivity index is 1.57. The van der Waals surface area contributed by atoms with Crippen molar-refractivity contribution in [1.82, 2.24) is 10.2 Å². The number of alkyl halides is 6. The maximum atomic E-state index is 13.4. The number of nitrogens with one attached hydrogen (secondary N) is 2. The number of benzene rings is 4. The summed E-state index contributed by atoms with van der Waals surface area (Å²) in [6, 6.07) is 18.8. The number of amides is 1. The molecule has 0 aliphatic heterocycles. The van der Waals surface area contributed by atoms with E-state index in [4.69, 9.17) is 5.41 Å². The van der Waals surface area contributed by atoms with Gasteiger partial charge in [0.05, 0.1) is 28.6 Å². The average Bonchev–Trinajstić information content (AvgIpc) is 2.99. The molecule has 0 saturated heterocycles. The van der Waals surface area contributed by atoms with E-state index in [0.717, 1.165) is 24.3 Å². The van der Waals surface area contributed by atoms with Crippen molar-refractivity contribution >= 4 is 11.7 Å². The van der Waals surface area contributed by atoms with Crippen LogP contribution in [-0.2, 0) is 18.8 Å². The van der Waals surface area contributed by atoms with Crippen molar-refractivity contribution in [2.24, 2.45) is 0 Å². The number of carbonyl (C=O) groups excluding carboxylic acids is 1. The summed E-state index contributed by atoms with van der Waals surface area (Å²) in [5.74, 6) is -1.16. The predicted octanol–water partition coefficient (Wildman–Crippen LogP) is 7.35. The molecule has 236 valence electrons. The van der Waals surface area contributed by atoms with Crippen LogP contribution < -0.4 is 5.32 Å². The van der Waals surface area contributed by atoms with Crippen LogP contribution in [0.25, 0.3) is 22.3 Å². The number of hydrogen-bond donors (Lipinski definition) is 4. The Labute approximate surface area is 255 Å². The lowest BCUT2D eigenvalue weighted by atomic mass is 9.98. The number of rotatable bonds is 8. The van der Waals surface area contributed by atoms with Crippen LogP contribution in [0, 0.1) is 5.41 Å². The third kappa shape index (κ3) is 8.01. The van der Waals surface area contributed by atoms with Gasteiger partial charge in [0.2, 0.25) is 0 Å². The zero-order valence-electron chi connectivity index (χ0n) is 24.0. The summed E-state index contributed by atoms with van der Waals surface area (Å²) in [4.78, 5) is 14.6. The predicted molar refractivity (Wildman–Crippen MR) is 158 cm³/mol. The van der Waals surface area contributed by atoms with Gasteiger partial charge in [-0.05, 0) is 77.6 Å². The smallest absolute Gasteiger partial charge is 0.416 e. The van der Waals surface area contributed by atoms with Crippen LogP contribution in [0.5, 0.6) is 5.75 Å². The molecule has 0 fully saturated rings. The van der Waals surface area contributed by atoms with Crippen molar-refractivity contribution in [1.29, 1.82) is 5.41 Å². The zero-order valence-corrected chi connectivity index (χ0v) is 24.0. The van der Waals surface area contributed by atoms with Gasteiger partial charge in [-0.2, -0.15) is 26.3 Å². The number of nitrogens with zero attached hydrogens (tertiary/aromatic N) is 1. The number of aromatic hydroxyl groups is 1. The molecule has 0 aliphatic carbocycles. The Hall–Kier alpha value is -4.84. The van der Waals surface area contributed by atoms with Crippen LogP contribution >= 0.6 is 0 Å². The molecule has 0 aromatic heterocycles. The number of hydrogen-bond acceptors (Lipinski definition) is 4. The van der Waals surface area contributed by atoms with E-state index in [0.29, 0.717) is 27.8 Å². The van der Waals surface area contributed by atoms with Crippen molar-refractivity contribution in [3.63, 3.8) is 0 Å². The van der Waals surface area contributed by atoms with Gasteiger partial charge in [-0.3, -0.25) is 10.2 Å². The quantitative estimate of drug-likeness (QED) is 0.0709. The number of likely N-dealkylation sites (N-methyl/N-ethyl adjacent to an activating group) is 1. The van der Waals surface area contributed by atoms with Gasteiger partial charge in [0.1, 0.15) is 12.0 Å². The largest absolute Gasteiger partial charge is 0.507 e. The fraction of sp³-hybridized carbons (Fsp3) is 0.212. The van der Waals surface area contributed by atoms with E-state index in [2.05, 4.69) is 5.32 Å². The summed E-state index contributed by atoms with van der Waals surface area (Å²) in [6.45, 7) is 1.44. The first-order valence-electron chi connectivity index (χ1n) is 13.6. The summed E-state index contributed by atoms with van der Waals surface area (Å²) in [6.07, 6.45) is -10.3. The Morgan fingerprint density at radius 1 is 0.778 bits per heavy atom. The normalized spacial score (nSPS) is 13.2. The Kier molecular flexibility index (Phi) is 9.57. The maximum absolute atomic E-state index is 13.4. The first-order valence-corrected chi connectivity index (χ1v) is 13.6. The van der Waals surface area contributed by atoms with Crippen molar-refractivity contribution in [2.45, 2.75) is 38.0 Å². The van der Waals surface area contributed by atoms with Crippen molar-refractivity contribution in [3.8, 4) is 28.0 Å². The van der Waals surface area contributed by atoms with E-state index < -0.39 is 47.4 Å². The van der Waals surface area contributed by atoms with Crippen molar-refractivity contribution in [3.05, 3.63) is 113 Å². The number of phenols is 1. The molecule has 6 nitrogen and oxygen atoms in total. The van der Waals surface area contributed by atoms with Crippen LogP contribution in [0.3, 0.4) is 0 Å². The fourth-order valence-electron chi connectivity index (χ4n) is 4.63. The second-order valence-electron chi connectivity index (χ2n) is 10.5. The van der Waals surface area contributed by atoms with E-state index in [1.54, 1.807) is 24.3 Å². The molecule has 4 N–H and O–H groups in total. The van der Waals surface area contributed by atoms with Gasteiger partial charge in [0, 0.05) is 7.05 Å². The number of phenolic OH excluding ortho intramolecular Hbond substituents is 1. The molecule has 4 aromatic rings. The molecule has 12 heteroatoms. The number of carbonyl (C=O) groups is 1. The topological polar surface area (TPSA) is 96.7 Å². The van der Waals surface area contributed by atoms with Crippen LogP contribution in [0.2, 0.25) is 0 Å². The van der Waals surface area contributed by atoms with Gasteiger partial charge < -0.3 is 20.4 Å². The van der Waals surface area contributed by atoms with Crippen LogP contribution in [0.15, 0.2) is 91.0 Å². The summed E-state index contributed by atoms with van der Waals surface area (Å²) in [7, 11) is 1.46. The third-order valence-electron chi connectivity index (χ3n) is 7.34. The Bertz CT molecular complexity index is 1650. The molecule has 0 heterocycles. The van der Waals surface area contributed by atoms with Gasteiger partial charge in [0.25, 0.3) is 5.91 Å². The SMILES string of the molecule is CC(=N)N(C)C(O)C(Cc1ccc(-c2ccc(C(F)(F)F)cc2)cc1)NC(=O)c1cc(-c2ccc(C(F)(F)F)cc2)ccc1O. The zero-order chi connectivity index (χ0) is 33.1. The number of halogens is 6. The minimum Gasteiger partial charge on any atom is -0.507 e. The molecule has 0 radical (unpaired) electrons. The molecule has 0 aliphatic rings. The molecule has 1 amide bonds. The molecular weight excluding hydrogens is 600 g/mol. The maximum Gasteiger partial charge on any atom is 0.416 e. The molecule has 0 saturated carbocycles. The number of aliphatic hydroxyl groups is 1. The molecule has 0 spiro atoms. The third-order valence-corrected chi connectivity index (χ3v) is 7.34. The summed E-state index contributed by atoms with van der Waals surface area (Å²) < 4.78 is 77.7. The van der Waals surface area contributed by atoms with Gasteiger partial charge in [-0.15, -0.1) is 0 Å². The van der Waals surface area contributed by atoms with E-state index in [1.165, 1.54) is 61.3 Å². The van der Waals surface area contributed by atoms with E-state index >= 15 is 0 Å². The first-order chi connectivity index (χ1) is 21.0. The summed E-state index contributed by atoms with van der Waals surface area (Å²) >= 11 is 0. The number of aliphatic hydroxyl groups excluding tert-OH is 1. The van der Waals surface area contributed by atoms with Crippen molar-refractivity contribution < 1.29 is 41.4 Å². The van der Waals surface area contributed by atoms with Crippen LogP contribution in [0.4, 0.5) is 26.3 Å². The fourth-order valence-corrected chi connectivity index (χ4v) is 4.63. The van der Waals surface area contributed by atoms with Gasteiger partial charge >= 0.3 is 12.4 Å². The molecule has 2 unspecified atom stereocenters. The molecule has 2 atom stereocenters. The second kappa shape index (κ2) is 13.0. The Morgan fingerprint density at radius 3 is 1.64 bits per heavy atom. The van der Waals surface area contributed by atoms with Crippen molar-refractivity contribution in [2.75, 3.05) is 7.05 Å². The lowest BCUT2D eigenvalue weighted by Crippen LogP contribution is -2.52. The van der Waals surface area contributed by atoms with Gasteiger partial charge in [-0.1, -0.05) is 54.6 Å². The highest BCUT2D eigenvalue weighted by atomic mass is 19.4. The highest BCUT2D eigenvalue weighted by Crippen LogP contribution is 2.33. The van der Waals surface area contributed by atoms with Crippen LogP contribution in [0.1, 0.15) is 34.0 Å². The minimum absolute atomic E-state index is 0.00606. The monoisotopic (exact) mass is 629 g/mol. The van der Waals surface area contributed by atoms with E-state index in [-0.39, 0.29) is 17.8 Å². The highest BCUT2D eigenvalue weighted by molar-refractivity contribution is 5.98.